The first-order valence-electron chi connectivity index (χ1n) is 4.84. The number of carbonyl (C=O) groups excluding carboxylic acids is 1. The van der Waals surface area contributed by atoms with Crippen molar-refractivity contribution in [2.24, 2.45) is 0 Å². The number of fused-ring (bicyclic) bond motifs is 1. The third-order valence-electron chi connectivity index (χ3n) is 2.15. The third kappa shape index (κ3) is 1.73. The van der Waals surface area contributed by atoms with E-state index in [1.807, 2.05) is 0 Å². The fourth-order valence-corrected chi connectivity index (χ4v) is 1.37. The number of furan rings is 1. The lowest BCUT2D eigenvalue weighted by Gasteiger charge is -1.99. The van der Waals surface area contributed by atoms with Crippen LogP contribution >= 0.6 is 0 Å². The number of aromatic amines is 1. The minimum absolute atomic E-state index is 0.186. The highest BCUT2D eigenvalue weighted by Crippen LogP contribution is 2.08. The predicted molar refractivity (Wildman–Crippen MR) is 58.3 cm³/mol. The SMILES string of the molecule is O=C(Nc1ncc2[nH]cnc2n1)c1ccco1. The van der Waals surface area contributed by atoms with E-state index < -0.39 is 5.91 Å². The molecule has 0 saturated carbocycles. The number of aromatic nitrogens is 4. The van der Waals surface area contributed by atoms with Crippen LogP contribution in [0.4, 0.5) is 5.95 Å². The normalized spacial score (nSPS) is 10.6. The molecule has 0 aliphatic heterocycles. The van der Waals surface area contributed by atoms with E-state index in [-0.39, 0.29) is 11.7 Å². The number of hydrogen-bond donors (Lipinski definition) is 2. The molecule has 0 aliphatic rings. The van der Waals surface area contributed by atoms with Gasteiger partial charge in [-0.05, 0) is 12.1 Å². The number of rotatable bonds is 2. The van der Waals surface area contributed by atoms with Gasteiger partial charge >= 0.3 is 0 Å². The first kappa shape index (κ1) is 9.52. The molecule has 0 aliphatic carbocycles. The minimum Gasteiger partial charge on any atom is -0.459 e. The van der Waals surface area contributed by atoms with Gasteiger partial charge in [0.1, 0.15) is 5.52 Å². The fraction of sp³-hybridized carbons (Fsp3) is 0. The van der Waals surface area contributed by atoms with E-state index in [4.69, 9.17) is 4.42 Å². The van der Waals surface area contributed by atoms with Crippen LogP contribution in [0.5, 0.6) is 0 Å². The molecule has 0 fully saturated rings. The van der Waals surface area contributed by atoms with E-state index in [0.29, 0.717) is 11.2 Å². The molecule has 0 unspecified atom stereocenters. The number of amides is 1. The lowest BCUT2D eigenvalue weighted by atomic mass is 10.4. The van der Waals surface area contributed by atoms with Gasteiger partial charge in [0, 0.05) is 0 Å². The monoisotopic (exact) mass is 229 g/mol. The molecule has 3 aromatic heterocycles. The maximum absolute atomic E-state index is 11.6. The van der Waals surface area contributed by atoms with Crippen LogP contribution in [-0.2, 0) is 0 Å². The molecule has 84 valence electrons. The first-order valence-corrected chi connectivity index (χ1v) is 4.84. The van der Waals surface area contributed by atoms with Gasteiger partial charge in [-0.1, -0.05) is 0 Å². The van der Waals surface area contributed by atoms with Crippen molar-refractivity contribution in [1.29, 1.82) is 0 Å². The second-order valence-corrected chi connectivity index (χ2v) is 3.26. The summed E-state index contributed by atoms with van der Waals surface area (Å²) in [6.45, 7) is 0. The maximum atomic E-state index is 11.6. The molecule has 7 heteroatoms. The lowest BCUT2D eigenvalue weighted by molar-refractivity contribution is 0.0996. The maximum Gasteiger partial charge on any atom is 0.293 e. The van der Waals surface area contributed by atoms with Gasteiger partial charge < -0.3 is 9.40 Å². The van der Waals surface area contributed by atoms with Crippen LogP contribution in [0.15, 0.2) is 35.3 Å². The average Bonchev–Trinajstić information content (AvgIpc) is 2.99. The average molecular weight is 229 g/mol. The topological polar surface area (TPSA) is 96.7 Å². The van der Waals surface area contributed by atoms with Crippen molar-refractivity contribution in [3.05, 3.63) is 36.7 Å². The molecule has 0 bridgehead atoms. The molecular weight excluding hydrogens is 222 g/mol. The Kier molecular flexibility index (Phi) is 2.08. The summed E-state index contributed by atoms with van der Waals surface area (Å²) in [4.78, 5) is 26.5. The van der Waals surface area contributed by atoms with Crippen molar-refractivity contribution in [2.75, 3.05) is 5.32 Å². The highest BCUT2D eigenvalue weighted by Gasteiger charge is 2.10. The molecule has 0 atom stereocenters. The summed E-state index contributed by atoms with van der Waals surface area (Å²) in [6.07, 6.45) is 4.48. The zero-order valence-electron chi connectivity index (χ0n) is 8.54. The van der Waals surface area contributed by atoms with E-state index in [1.165, 1.54) is 12.6 Å². The highest BCUT2D eigenvalue weighted by molar-refractivity contribution is 6.01. The Bertz CT molecular complexity index is 658. The largest absolute Gasteiger partial charge is 0.459 e. The van der Waals surface area contributed by atoms with Gasteiger partial charge in [0.15, 0.2) is 11.4 Å². The van der Waals surface area contributed by atoms with Gasteiger partial charge in [0.25, 0.3) is 5.91 Å². The summed E-state index contributed by atoms with van der Waals surface area (Å²) in [7, 11) is 0. The summed E-state index contributed by atoms with van der Waals surface area (Å²) in [5.41, 5.74) is 1.20. The Morgan fingerprint density at radius 1 is 1.41 bits per heavy atom. The van der Waals surface area contributed by atoms with Gasteiger partial charge in [-0.25, -0.2) is 9.97 Å². The lowest BCUT2D eigenvalue weighted by Crippen LogP contribution is -2.13. The van der Waals surface area contributed by atoms with Crippen molar-refractivity contribution < 1.29 is 9.21 Å². The Balaban J connectivity index is 1.87. The molecule has 7 nitrogen and oxygen atoms in total. The molecule has 3 rings (SSSR count). The van der Waals surface area contributed by atoms with E-state index in [0.717, 1.165) is 0 Å². The van der Waals surface area contributed by atoms with Crippen molar-refractivity contribution in [1.82, 2.24) is 19.9 Å². The van der Waals surface area contributed by atoms with Crippen LogP contribution in [0.3, 0.4) is 0 Å². The number of nitrogens with zero attached hydrogens (tertiary/aromatic N) is 3. The molecule has 3 aromatic rings. The molecule has 1 amide bonds. The van der Waals surface area contributed by atoms with Crippen LogP contribution in [0.25, 0.3) is 11.2 Å². The van der Waals surface area contributed by atoms with E-state index in [1.54, 1.807) is 18.3 Å². The third-order valence-corrected chi connectivity index (χ3v) is 2.15. The van der Waals surface area contributed by atoms with Gasteiger partial charge in [-0.2, -0.15) is 4.98 Å². The van der Waals surface area contributed by atoms with Gasteiger partial charge in [-0.15, -0.1) is 0 Å². The Morgan fingerprint density at radius 3 is 3.18 bits per heavy atom. The molecule has 0 radical (unpaired) electrons. The Morgan fingerprint density at radius 2 is 2.35 bits per heavy atom. The number of nitrogens with one attached hydrogen (secondary N) is 2. The molecular formula is C10H7N5O2. The van der Waals surface area contributed by atoms with Crippen LogP contribution in [0.2, 0.25) is 0 Å². The number of hydrogen-bond acceptors (Lipinski definition) is 5. The van der Waals surface area contributed by atoms with Crippen molar-refractivity contribution in [3.63, 3.8) is 0 Å². The zero-order chi connectivity index (χ0) is 11.7. The van der Waals surface area contributed by atoms with Crippen LogP contribution < -0.4 is 5.32 Å². The number of imidazole rings is 1. The second kappa shape index (κ2) is 3.71. The van der Waals surface area contributed by atoms with E-state index >= 15 is 0 Å². The predicted octanol–water partition coefficient (Wildman–Crippen LogP) is 1.20. The molecule has 0 saturated heterocycles. The summed E-state index contributed by atoms with van der Waals surface area (Å²) < 4.78 is 4.95. The van der Waals surface area contributed by atoms with Crippen LogP contribution in [0, 0.1) is 0 Å². The fourth-order valence-electron chi connectivity index (χ4n) is 1.37. The standard InChI is InChI=1S/C10H7N5O2/c16-9(7-2-1-3-17-7)15-10-11-4-6-8(14-10)13-5-12-6/h1-5H,(H2,11,12,13,14,15,16). The molecule has 17 heavy (non-hydrogen) atoms. The van der Waals surface area contributed by atoms with Gasteiger partial charge in [-0.3, -0.25) is 10.1 Å². The smallest absolute Gasteiger partial charge is 0.293 e. The quantitative estimate of drug-likeness (QED) is 0.688. The van der Waals surface area contributed by atoms with Crippen molar-refractivity contribution in [3.8, 4) is 0 Å². The van der Waals surface area contributed by atoms with Crippen LogP contribution in [0.1, 0.15) is 10.6 Å². The highest BCUT2D eigenvalue weighted by atomic mass is 16.3. The van der Waals surface area contributed by atoms with Gasteiger partial charge in [0.05, 0.1) is 18.8 Å². The summed E-state index contributed by atoms with van der Waals surface area (Å²) in [6, 6.07) is 3.19. The number of carbonyl (C=O) groups is 1. The molecule has 3 heterocycles. The summed E-state index contributed by atoms with van der Waals surface area (Å²) >= 11 is 0. The number of anilines is 1. The van der Waals surface area contributed by atoms with Gasteiger partial charge in [0.2, 0.25) is 5.95 Å². The Hall–Kier alpha value is -2.70. The van der Waals surface area contributed by atoms with E-state index in [2.05, 4.69) is 25.3 Å². The number of H-pyrrole nitrogens is 1. The van der Waals surface area contributed by atoms with Crippen molar-refractivity contribution in [2.45, 2.75) is 0 Å². The summed E-state index contributed by atoms with van der Waals surface area (Å²) in [5, 5.41) is 2.52. The Labute approximate surface area is 94.9 Å². The van der Waals surface area contributed by atoms with Crippen molar-refractivity contribution >= 4 is 23.0 Å². The second-order valence-electron chi connectivity index (χ2n) is 3.26. The molecule has 2 N–H and O–H groups in total. The first-order chi connectivity index (χ1) is 8.33. The minimum atomic E-state index is -0.398. The molecule has 0 aromatic carbocycles. The van der Waals surface area contributed by atoms with E-state index in [9.17, 15) is 4.79 Å². The van der Waals surface area contributed by atoms with Crippen LogP contribution in [-0.4, -0.2) is 25.8 Å². The summed E-state index contributed by atoms with van der Waals surface area (Å²) in [5.74, 6) is -0.00777. The molecule has 0 spiro atoms. The zero-order valence-corrected chi connectivity index (χ0v) is 8.54.